The van der Waals surface area contributed by atoms with Crippen LogP contribution in [0.15, 0.2) is 29.3 Å². The van der Waals surface area contributed by atoms with Gasteiger partial charge in [0.05, 0.1) is 12.2 Å². The van der Waals surface area contributed by atoms with E-state index in [4.69, 9.17) is 5.73 Å². The molecular formula is C19H21N7OS. The number of piperidine rings is 1. The van der Waals surface area contributed by atoms with E-state index in [9.17, 15) is 4.79 Å². The highest BCUT2D eigenvalue weighted by molar-refractivity contribution is 7.11. The van der Waals surface area contributed by atoms with Gasteiger partial charge < -0.3 is 10.3 Å². The monoisotopic (exact) mass is 395 g/mol. The van der Waals surface area contributed by atoms with E-state index in [2.05, 4.69) is 31.1 Å². The van der Waals surface area contributed by atoms with Gasteiger partial charge in [-0.05, 0) is 25.3 Å². The number of likely N-dealkylation sites (tertiary alicyclic amines) is 1. The number of hydrogen-bond donors (Lipinski definition) is 1. The molecule has 0 unspecified atom stereocenters. The second-order valence-electron chi connectivity index (χ2n) is 7.65. The first kappa shape index (κ1) is 17.4. The van der Waals surface area contributed by atoms with Crippen LogP contribution in [0, 0.1) is 12.8 Å². The van der Waals surface area contributed by atoms with Gasteiger partial charge in [0.15, 0.2) is 0 Å². The molecule has 2 N–H and O–H groups in total. The molecular weight excluding hydrogens is 374 g/mol. The molecule has 2 aliphatic rings. The number of pyridine rings is 1. The maximum absolute atomic E-state index is 12.8. The van der Waals surface area contributed by atoms with Crippen molar-refractivity contribution in [3.8, 4) is 11.3 Å². The zero-order valence-corrected chi connectivity index (χ0v) is 16.4. The highest BCUT2D eigenvalue weighted by atomic mass is 32.1. The average Bonchev–Trinajstić information content (AvgIpc) is 3.07. The van der Waals surface area contributed by atoms with Gasteiger partial charge in [-0.3, -0.25) is 9.69 Å². The Morgan fingerprint density at radius 3 is 2.86 bits per heavy atom. The topological polar surface area (TPSA) is 103 Å². The number of nitrogens with two attached hydrogens (primary N) is 1. The Kier molecular flexibility index (Phi) is 4.21. The SMILES string of the molecule is Cc1nnc(CN2C[C@@H]3C[C@H](C2)c2cc(-c4cc(N)ncn4)cc(=O)n2C3)s1. The fourth-order valence-electron chi connectivity index (χ4n) is 4.46. The van der Waals surface area contributed by atoms with Gasteiger partial charge in [-0.25, -0.2) is 9.97 Å². The Morgan fingerprint density at radius 1 is 1.18 bits per heavy atom. The van der Waals surface area contributed by atoms with Crippen LogP contribution in [-0.4, -0.2) is 42.7 Å². The van der Waals surface area contributed by atoms with Crippen molar-refractivity contribution in [3.63, 3.8) is 0 Å². The summed E-state index contributed by atoms with van der Waals surface area (Å²) in [5, 5.41) is 10.5. The molecule has 1 fully saturated rings. The lowest BCUT2D eigenvalue weighted by Crippen LogP contribution is -2.46. The van der Waals surface area contributed by atoms with Gasteiger partial charge in [0.1, 0.15) is 22.2 Å². The molecule has 9 heteroatoms. The van der Waals surface area contributed by atoms with Gasteiger partial charge in [0.2, 0.25) is 0 Å². The zero-order chi connectivity index (χ0) is 19.3. The molecule has 28 heavy (non-hydrogen) atoms. The minimum absolute atomic E-state index is 0.0348. The first-order valence-electron chi connectivity index (χ1n) is 9.39. The van der Waals surface area contributed by atoms with Crippen molar-refractivity contribution in [3.05, 3.63) is 50.6 Å². The van der Waals surface area contributed by atoms with Crippen molar-refractivity contribution < 1.29 is 0 Å². The zero-order valence-electron chi connectivity index (χ0n) is 15.6. The minimum atomic E-state index is 0.0348. The normalized spacial score (nSPS) is 21.5. The number of rotatable bonds is 3. The van der Waals surface area contributed by atoms with Crippen LogP contribution in [0.25, 0.3) is 11.3 Å². The summed E-state index contributed by atoms with van der Waals surface area (Å²) >= 11 is 1.65. The number of fused-ring (bicyclic) bond motifs is 4. The number of aromatic nitrogens is 5. The number of nitrogens with zero attached hydrogens (tertiary/aromatic N) is 6. The summed E-state index contributed by atoms with van der Waals surface area (Å²) in [6.45, 7) is 5.48. The lowest BCUT2D eigenvalue weighted by Gasteiger charge is -2.42. The van der Waals surface area contributed by atoms with Crippen molar-refractivity contribution in [2.75, 3.05) is 18.8 Å². The minimum Gasteiger partial charge on any atom is -0.384 e. The third-order valence-corrected chi connectivity index (χ3v) is 6.37. The van der Waals surface area contributed by atoms with Crippen LogP contribution in [0.5, 0.6) is 0 Å². The fraction of sp³-hybridized carbons (Fsp3) is 0.421. The molecule has 0 radical (unpaired) electrons. The fourth-order valence-corrected chi connectivity index (χ4v) is 5.21. The summed E-state index contributed by atoms with van der Waals surface area (Å²) in [6.07, 6.45) is 2.55. The van der Waals surface area contributed by atoms with Crippen LogP contribution in [0.4, 0.5) is 5.82 Å². The summed E-state index contributed by atoms with van der Waals surface area (Å²) < 4.78 is 1.94. The summed E-state index contributed by atoms with van der Waals surface area (Å²) in [5.41, 5.74) is 8.41. The van der Waals surface area contributed by atoms with E-state index >= 15 is 0 Å². The molecule has 0 aliphatic carbocycles. The summed E-state index contributed by atoms with van der Waals surface area (Å²) in [5.74, 6) is 1.21. The third-order valence-electron chi connectivity index (χ3n) is 5.54. The molecule has 2 bridgehead atoms. The summed E-state index contributed by atoms with van der Waals surface area (Å²) in [7, 11) is 0. The first-order valence-corrected chi connectivity index (χ1v) is 10.2. The number of aryl methyl sites for hydroxylation is 1. The number of anilines is 1. The molecule has 0 spiro atoms. The van der Waals surface area contributed by atoms with Gasteiger partial charge in [-0.15, -0.1) is 21.5 Å². The molecule has 0 amide bonds. The van der Waals surface area contributed by atoms with Crippen LogP contribution in [0.2, 0.25) is 0 Å². The average molecular weight is 395 g/mol. The van der Waals surface area contributed by atoms with Crippen molar-refractivity contribution in [1.29, 1.82) is 0 Å². The predicted octanol–water partition coefficient (Wildman–Crippen LogP) is 1.67. The molecule has 3 aromatic rings. The quantitative estimate of drug-likeness (QED) is 0.719. The molecule has 2 aliphatic heterocycles. The molecule has 8 nitrogen and oxygen atoms in total. The second kappa shape index (κ2) is 6.75. The van der Waals surface area contributed by atoms with Gasteiger partial charge in [0, 0.05) is 48.9 Å². The predicted molar refractivity (Wildman–Crippen MR) is 107 cm³/mol. The van der Waals surface area contributed by atoms with Gasteiger partial charge in [-0.1, -0.05) is 0 Å². The standard InChI is InChI=1S/C19H21N7OS/c1-11-23-24-18(28-11)9-25-6-12-2-14(8-25)16-3-13(4-19(27)26(16)7-12)15-5-17(20)22-10-21-15/h3-5,10,12,14H,2,6-9H2,1H3,(H2,20,21,22)/t12-,14+/m0/s1. The molecule has 0 aromatic carbocycles. The molecule has 144 valence electrons. The molecule has 1 saturated heterocycles. The van der Waals surface area contributed by atoms with Gasteiger partial charge >= 0.3 is 0 Å². The van der Waals surface area contributed by atoms with E-state index in [0.29, 0.717) is 23.3 Å². The largest absolute Gasteiger partial charge is 0.384 e. The maximum atomic E-state index is 12.8. The Morgan fingerprint density at radius 2 is 2.07 bits per heavy atom. The van der Waals surface area contributed by atoms with E-state index in [0.717, 1.165) is 53.9 Å². The number of hydrogen-bond acceptors (Lipinski definition) is 8. The Hall–Kier alpha value is -2.65. The van der Waals surface area contributed by atoms with E-state index in [1.54, 1.807) is 23.5 Å². The van der Waals surface area contributed by atoms with Crippen molar-refractivity contribution in [2.24, 2.45) is 5.92 Å². The van der Waals surface area contributed by atoms with Crippen LogP contribution in [-0.2, 0) is 13.1 Å². The van der Waals surface area contributed by atoms with Crippen LogP contribution in [0.1, 0.15) is 28.0 Å². The Labute approximate surface area is 166 Å². The summed E-state index contributed by atoms with van der Waals surface area (Å²) in [6, 6.07) is 5.47. The second-order valence-corrected chi connectivity index (χ2v) is 8.92. The molecule has 0 saturated carbocycles. The first-order chi connectivity index (χ1) is 13.5. The van der Waals surface area contributed by atoms with Crippen LogP contribution < -0.4 is 11.3 Å². The lowest BCUT2D eigenvalue weighted by molar-refractivity contribution is 0.114. The van der Waals surface area contributed by atoms with Gasteiger partial charge in [-0.2, -0.15) is 0 Å². The smallest absolute Gasteiger partial charge is 0.251 e. The van der Waals surface area contributed by atoms with Crippen LogP contribution >= 0.6 is 11.3 Å². The summed E-state index contributed by atoms with van der Waals surface area (Å²) in [4.78, 5) is 23.5. The highest BCUT2D eigenvalue weighted by Crippen LogP contribution is 2.37. The van der Waals surface area contributed by atoms with Crippen LogP contribution in [0.3, 0.4) is 0 Å². The third kappa shape index (κ3) is 3.20. The van der Waals surface area contributed by atoms with E-state index in [1.807, 2.05) is 11.5 Å². The molecule has 3 aromatic heterocycles. The molecule has 5 rings (SSSR count). The molecule has 5 heterocycles. The van der Waals surface area contributed by atoms with Crippen molar-refractivity contribution in [1.82, 2.24) is 29.6 Å². The van der Waals surface area contributed by atoms with Crippen molar-refractivity contribution in [2.45, 2.75) is 32.4 Å². The molecule has 2 atom stereocenters. The van der Waals surface area contributed by atoms with E-state index in [1.165, 1.54) is 6.33 Å². The van der Waals surface area contributed by atoms with E-state index in [-0.39, 0.29) is 5.56 Å². The Bertz CT molecular complexity index is 1090. The van der Waals surface area contributed by atoms with E-state index < -0.39 is 0 Å². The van der Waals surface area contributed by atoms with Crippen molar-refractivity contribution >= 4 is 17.2 Å². The Balaban J connectivity index is 1.47. The lowest BCUT2D eigenvalue weighted by atomic mass is 9.82. The number of nitrogen functional groups attached to an aromatic ring is 1. The highest BCUT2D eigenvalue weighted by Gasteiger charge is 2.35. The van der Waals surface area contributed by atoms with Gasteiger partial charge in [0.25, 0.3) is 5.56 Å². The maximum Gasteiger partial charge on any atom is 0.251 e.